The molecule has 0 bridgehead atoms. The van der Waals surface area contributed by atoms with Crippen molar-refractivity contribution >= 4 is 38.8 Å². The Labute approximate surface area is 199 Å². The van der Waals surface area contributed by atoms with E-state index in [1.54, 1.807) is 13.0 Å². The number of nitrogens with zero attached hydrogens (tertiary/aromatic N) is 3. The van der Waals surface area contributed by atoms with Gasteiger partial charge in [-0.15, -0.1) is 0 Å². The number of benzene rings is 2. The van der Waals surface area contributed by atoms with Crippen molar-refractivity contribution in [1.82, 2.24) is 4.90 Å². The molecule has 1 atom stereocenters. The van der Waals surface area contributed by atoms with E-state index >= 15 is 0 Å². The zero-order chi connectivity index (χ0) is 22.7. The molecule has 6 nitrogen and oxygen atoms in total. The average Bonchev–Trinajstić information content (AvgIpc) is 3.25. The van der Waals surface area contributed by atoms with Gasteiger partial charge in [-0.1, -0.05) is 36.0 Å². The molecule has 0 fully saturated rings. The maximum absolute atomic E-state index is 12.8. The number of hydrogen-bond acceptors (Lipinski definition) is 7. The van der Waals surface area contributed by atoms with Crippen molar-refractivity contribution < 1.29 is 14.3 Å². The first kappa shape index (κ1) is 22.2. The molecule has 2 aliphatic rings. The SMILES string of the molecule is CCOC(=O)C1=C(C)N=C2SC=CN2[C@H]1c1ccc(OCc2ccccc2C#N)c(Br)c1. The number of hydrogen-bond donors (Lipinski definition) is 0. The highest BCUT2D eigenvalue weighted by molar-refractivity contribution is 9.10. The highest BCUT2D eigenvalue weighted by Crippen LogP contribution is 2.42. The summed E-state index contributed by atoms with van der Waals surface area (Å²) in [7, 11) is 0. The van der Waals surface area contributed by atoms with Crippen LogP contribution in [0.3, 0.4) is 0 Å². The van der Waals surface area contributed by atoms with E-state index in [0.29, 0.717) is 29.2 Å². The fraction of sp³-hybridized carbons (Fsp3) is 0.208. The van der Waals surface area contributed by atoms with Crippen LogP contribution in [0.15, 0.2) is 74.8 Å². The molecule has 162 valence electrons. The molecule has 4 rings (SSSR count). The zero-order valence-corrected chi connectivity index (χ0v) is 19.9. The molecular weight excluding hydrogens is 490 g/mol. The fourth-order valence-corrected chi connectivity index (χ4v) is 4.92. The predicted molar refractivity (Wildman–Crippen MR) is 128 cm³/mol. The van der Waals surface area contributed by atoms with E-state index in [0.717, 1.165) is 20.8 Å². The topological polar surface area (TPSA) is 74.9 Å². The Morgan fingerprint density at radius 2 is 2.12 bits per heavy atom. The summed E-state index contributed by atoms with van der Waals surface area (Å²) in [6, 6.07) is 14.9. The molecule has 2 aromatic rings. The summed E-state index contributed by atoms with van der Waals surface area (Å²) < 4.78 is 12.1. The third kappa shape index (κ3) is 4.31. The maximum atomic E-state index is 12.8. The standard InChI is InChI=1S/C24H20BrN3O3S/c1-3-30-23(29)21-15(2)27-24-28(10-11-32-24)22(21)16-8-9-20(19(25)12-16)31-14-18-7-5-4-6-17(18)13-26/h4-12,22H,3,14H2,1-2H3/t22-/m0/s1. The van der Waals surface area contributed by atoms with Crippen LogP contribution in [0.2, 0.25) is 0 Å². The van der Waals surface area contributed by atoms with Crippen molar-refractivity contribution in [3.05, 3.63) is 86.5 Å². The summed E-state index contributed by atoms with van der Waals surface area (Å²) in [4.78, 5) is 19.3. The lowest BCUT2D eigenvalue weighted by Gasteiger charge is -2.33. The minimum Gasteiger partial charge on any atom is -0.488 e. The molecule has 0 saturated heterocycles. The van der Waals surface area contributed by atoms with Gasteiger partial charge < -0.3 is 14.4 Å². The van der Waals surface area contributed by atoms with Gasteiger partial charge in [-0.3, -0.25) is 0 Å². The summed E-state index contributed by atoms with van der Waals surface area (Å²) >= 11 is 5.12. The average molecular weight is 510 g/mol. The highest BCUT2D eigenvalue weighted by Gasteiger charge is 2.37. The van der Waals surface area contributed by atoms with Crippen molar-refractivity contribution in [2.45, 2.75) is 26.5 Å². The predicted octanol–water partition coefficient (Wildman–Crippen LogP) is 5.67. The number of carbonyl (C=O) groups excluding carboxylic acids is 1. The lowest BCUT2D eigenvalue weighted by molar-refractivity contribution is -0.139. The van der Waals surface area contributed by atoms with Crippen LogP contribution in [0.5, 0.6) is 5.75 Å². The number of aliphatic imine (C=N–C) groups is 1. The minimum absolute atomic E-state index is 0.278. The van der Waals surface area contributed by atoms with Crippen molar-refractivity contribution in [2.75, 3.05) is 6.61 Å². The normalized spacial score (nSPS) is 17.0. The summed E-state index contributed by atoms with van der Waals surface area (Å²) in [5, 5.41) is 12.1. The number of ether oxygens (including phenoxy) is 2. The van der Waals surface area contributed by atoms with Crippen molar-refractivity contribution in [3.63, 3.8) is 0 Å². The molecule has 0 N–H and O–H groups in total. The Hall–Kier alpha value is -3.02. The molecule has 0 unspecified atom stereocenters. The number of nitriles is 1. The Balaban J connectivity index is 1.63. The molecule has 2 aliphatic heterocycles. The fourth-order valence-electron chi connectivity index (χ4n) is 3.61. The van der Waals surface area contributed by atoms with Crippen LogP contribution >= 0.6 is 27.7 Å². The maximum Gasteiger partial charge on any atom is 0.338 e. The van der Waals surface area contributed by atoms with Crippen LogP contribution in [0.1, 0.15) is 36.6 Å². The number of rotatable bonds is 6. The molecule has 8 heteroatoms. The second-order valence-corrected chi connectivity index (χ2v) is 8.80. The second kappa shape index (κ2) is 9.63. The summed E-state index contributed by atoms with van der Waals surface area (Å²) in [5.41, 5.74) is 3.49. The van der Waals surface area contributed by atoms with Crippen LogP contribution in [0, 0.1) is 11.3 Å². The van der Waals surface area contributed by atoms with Gasteiger partial charge in [0.15, 0.2) is 5.17 Å². The summed E-state index contributed by atoms with van der Waals surface area (Å²) in [6.45, 7) is 4.20. The summed E-state index contributed by atoms with van der Waals surface area (Å²) in [5.74, 6) is 0.281. The van der Waals surface area contributed by atoms with Gasteiger partial charge in [-0.2, -0.15) is 5.26 Å². The van der Waals surface area contributed by atoms with Crippen molar-refractivity contribution in [3.8, 4) is 11.8 Å². The van der Waals surface area contributed by atoms with Gasteiger partial charge in [0.2, 0.25) is 0 Å². The first-order valence-electron chi connectivity index (χ1n) is 10.0. The monoisotopic (exact) mass is 509 g/mol. The Bertz CT molecular complexity index is 1200. The smallest absolute Gasteiger partial charge is 0.338 e. The van der Waals surface area contributed by atoms with E-state index in [1.807, 2.05) is 59.8 Å². The molecule has 32 heavy (non-hydrogen) atoms. The highest BCUT2D eigenvalue weighted by atomic mass is 79.9. The number of esters is 1. The van der Waals surface area contributed by atoms with Crippen LogP contribution in [-0.4, -0.2) is 22.6 Å². The lowest BCUT2D eigenvalue weighted by Crippen LogP contribution is -2.34. The molecule has 0 radical (unpaired) electrons. The van der Waals surface area contributed by atoms with E-state index in [9.17, 15) is 10.1 Å². The zero-order valence-electron chi connectivity index (χ0n) is 17.5. The number of halogens is 1. The van der Waals surface area contributed by atoms with Gasteiger partial charge >= 0.3 is 5.97 Å². The molecule has 0 spiro atoms. The van der Waals surface area contributed by atoms with E-state index < -0.39 is 0 Å². The van der Waals surface area contributed by atoms with E-state index in [4.69, 9.17) is 9.47 Å². The number of fused-ring (bicyclic) bond motifs is 1. The van der Waals surface area contributed by atoms with E-state index in [-0.39, 0.29) is 18.6 Å². The van der Waals surface area contributed by atoms with Gasteiger partial charge in [0.05, 0.1) is 40.0 Å². The number of amidine groups is 1. The second-order valence-electron chi connectivity index (χ2n) is 7.07. The first-order chi connectivity index (χ1) is 15.5. The third-order valence-corrected chi connectivity index (χ3v) is 6.50. The number of carbonyl (C=O) groups is 1. The third-order valence-electron chi connectivity index (χ3n) is 5.11. The van der Waals surface area contributed by atoms with Gasteiger partial charge in [0, 0.05) is 11.8 Å². The molecule has 2 heterocycles. The van der Waals surface area contributed by atoms with Gasteiger partial charge in [0.1, 0.15) is 12.4 Å². The van der Waals surface area contributed by atoms with Crippen molar-refractivity contribution in [2.24, 2.45) is 4.99 Å². The first-order valence-corrected chi connectivity index (χ1v) is 11.7. The van der Waals surface area contributed by atoms with Gasteiger partial charge in [-0.05, 0) is 58.9 Å². The molecule has 0 aromatic heterocycles. The Morgan fingerprint density at radius 3 is 2.88 bits per heavy atom. The molecule has 2 aromatic carbocycles. The molecule has 0 saturated carbocycles. The van der Waals surface area contributed by atoms with E-state index in [2.05, 4.69) is 27.0 Å². The number of allylic oxidation sites excluding steroid dienone is 1. The largest absolute Gasteiger partial charge is 0.488 e. The summed E-state index contributed by atoms with van der Waals surface area (Å²) in [6.07, 6.45) is 1.93. The van der Waals surface area contributed by atoms with Crippen molar-refractivity contribution in [1.29, 1.82) is 5.26 Å². The Kier molecular flexibility index (Phi) is 6.68. The molecular formula is C24H20BrN3O3S. The minimum atomic E-state index is -0.368. The Morgan fingerprint density at radius 1 is 1.31 bits per heavy atom. The molecule has 0 aliphatic carbocycles. The van der Waals surface area contributed by atoms with Crippen LogP contribution in [0.4, 0.5) is 0 Å². The number of thioether (sulfide) groups is 1. The van der Waals surface area contributed by atoms with E-state index in [1.165, 1.54) is 11.8 Å². The van der Waals surface area contributed by atoms with Crippen LogP contribution < -0.4 is 4.74 Å². The molecule has 0 amide bonds. The van der Waals surface area contributed by atoms with Gasteiger partial charge in [0.25, 0.3) is 0 Å². The van der Waals surface area contributed by atoms with Crippen LogP contribution in [-0.2, 0) is 16.1 Å². The lowest BCUT2D eigenvalue weighted by atomic mass is 9.95. The van der Waals surface area contributed by atoms with Crippen LogP contribution in [0.25, 0.3) is 0 Å². The van der Waals surface area contributed by atoms with Gasteiger partial charge in [-0.25, -0.2) is 9.79 Å². The quantitative estimate of drug-likeness (QED) is 0.467.